The monoisotopic (exact) mass is 286 g/mol. The van der Waals surface area contributed by atoms with Crippen molar-refractivity contribution in [3.05, 3.63) is 42.4 Å². The van der Waals surface area contributed by atoms with Gasteiger partial charge >= 0.3 is 6.36 Å². The Kier molecular flexibility index (Phi) is 4.04. The third-order valence-corrected chi connectivity index (χ3v) is 2.10. The van der Waals surface area contributed by atoms with E-state index in [1.807, 2.05) is 0 Å². The maximum Gasteiger partial charge on any atom is 0.573 e. The smallest absolute Gasteiger partial charge is 0.437 e. The second-order valence-electron chi connectivity index (χ2n) is 3.63. The summed E-state index contributed by atoms with van der Waals surface area (Å²) >= 11 is 0. The van der Waals surface area contributed by atoms with Crippen molar-refractivity contribution in [2.75, 3.05) is 0 Å². The summed E-state index contributed by atoms with van der Waals surface area (Å²) in [6.45, 7) is -0.289. The van der Waals surface area contributed by atoms with Crippen LogP contribution in [0.25, 0.3) is 0 Å². The van der Waals surface area contributed by atoms with Gasteiger partial charge in [-0.1, -0.05) is 0 Å². The number of nitrogens with zero attached hydrogens (tertiary/aromatic N) is 2. The number of alkyl halides is 3. The van der Waals surface area contributed by atoms with E-state index in [0.29, 0.717) is 5.69 Å². The molecule has 0 fully saturated rings. The Morgan fingerprint density at radius 3 is 2.30 bits per heavy atom. The molecule has 8 heteroatoms. The molecule has 0 aliphatic rings. The molecule has 2 aromatic rings. The molecule has 0 saturated carbocycles. The summed E-state index contributed by atoms with van der Waals surface area (Å²) in [7, 11) is 0. The number of halogens is 3. The minimum absolute atomic E-state index is 0.126. The summed E-state index contributed by atoms with van der Waals surface area (Å²) in [6, 6.07) is 4.83. The first-order valence-corrected chi connectivity index (χ1v) is 5.42. The van der Waals surface area contributed by atoms with Crippen LogP contribution in [0.1, 0.15) is 5.69 Å². The quantitative estimate of drug-likeness (QED) is 0.936. The zero-order valence-electron chi connectivity index (χ0n) is 9.96. The zero-order chi connectivity index (χ0) is 14.6. The van der Waals surface area contributed by atoms with E-state index in [9.17, 15) is 13.2 Å². The fraction of sp³-hybridized carbons (Fsp3) is 0.167. The fourth-order valence-corrected chi connectivity index (χ4v) is 1.34. The van der Waals surface area contributed by atoms with Crippen molar-refractivity contribution in [1.29, 1.82) is 0 Å². The first-order chi connectivity index (χ1) is 9.46. The lowest BCUT2D eigenvalue weighted by atomic mass is 10.3. The molecule has 106 valence electrons. The first-order valence-electron chi connectivity index (χ1n) is 5.42. The van der Waals surface area contributed by atoms with Gasteiger partial charge in [-0.2, -0.15) is 0 Å². The van der Waals surface area contributed by atoms with Crippen LogP contribution < -0.4 is 9.47 Å². The van der Waals surface area contributed by atoms with E-state index in [2.05, 4.69) is 14.7 Å². The van der Waals surface area contributed by atoms with E-state index in [-0.39, 0.29) is 24.0 Å². The number of hydrogen-bond donors (Lipinski definition) is 1. The van der Waals surface area contributed by atoms with Gasteiger partial charge in [0.15, 0.2) is 0 Å². The predicted molar refractivity (Wildman–Crippen MR) is 61.2 cm³/mol. The molecular formula is C12H9F3N2O3. The van der Waals surface area contributed by atoms with Gasteiger partial charge < -0.3 is 14.6 Å². The molecule has 0 bridgehead atoms. The van der Waals surface area contributed by atoms with Gasteiger partial charge in [0.2, 0.25) is 5.88 Å². The Balaban J connectivity index is 2.06. The van der Waals surface area contributed by atoms with Crippen LogP contribution in [0.15, 0.2) is 36.7 Å². The molecule has 0 saturated heterocycles. The van der Waals surface area contributed by atoms with Gasteiger partial charge in [-0.15, -0.1) is 13.2 Å². The van der Waals surface area contributed by atoms with E-state index < -0.39 is 6.36 Å². The van der Waals surface area contributed by atoms with E-state index >= 15 is 0 Å². The van der Waals surface area contributed by atoms with Crippen LogP contribution in [0, 0.1) is 0 Å². The van der Waals surface area contributed by atoms with Crippen LogP contribution in [0.2, 0.25) is 0 Å². The van der Waals surface area contributed by atoms with Gasteiger partial charge in [0.05, 0.1) is 24.7 Å². The van der Waals surface area contributed by atoms with Crippen LogP contribution in [-0.2, 0) is 6.61 Å². The Hall–Kier alpha value is -2.35. The van der Waals surface area contributed by atoms with Crippen LogP contribution in [-0.4, -0.2) is 21.4 Å². The zero-order valence-corrected chi connectivity index (χ0v) is 9.96. The highest BCUT2D eigenvalue weighted by Crippen LogP contribution is 2.26. The Labute approximate surface area is 111 Å². The van der Waals surface area contributed by atoms with Crippen molar-refractivity contribution in [3.8, 4) is 17.4 Å². The molecule has 0 radical (unpaired) electrons. The summed E-state index contributed by atoms with van der Waals surface area (Å²) in [5, 5.41) is 8.89. The van der Waals surface area contributed by atoms with E-state index in [0.717, 1.165) is 12.1 Å². The van der Waals surface area contributed by atoms with Crippen molar-refractivity contribution < 1.29 is 27.8 Å². The molecule has 0 atom stereocenters. The third-order valence-electron chi connectivity index (χ3n) is 2.10. The minimum Gasteiger partial charge on any atom is -0.437 e. The van der Waals surface area contributed by atoms with E-state index in [1.54, 1.807) is 0 Å². The average Bonchev–Trinajstić information content (AvgIpc) is 2.40. The summed E-state index contributed by atoms with van der Waals surface area (Å²) in [6.07, 6.45) is -2.05. The Morgan fingerprint density at radius 2 is 1.70 bits per heavy atom. The molecule has 0 spiro atoms. The molecule has 1 N–H and O–H groups in total. The number of benzene rings is 1. The molecule has 0 amide bonds. The van der Waals surface area contributed by atoms with Gasteiger partial charge in [-0.3, -0.25) is 4.98 Å². The highest BCUT2D eigenvalue weighted by Gasteiger charge is 2.30. The second kappa shape index (κ2) is 5.74. The van der Waals surface area contributed by atoms with Gasteiger partial charge in [-0.25, -0.2) is 4.98 Å². The summed E-state index contributed by atoms with van der Waals surface area (Å²) in [5.41, 5.74) is 0.319. The van der Waals surface area contributed by atoms with Gasteiger partial charge in [0.25, 0.3) is 0 Å². The molecule has 0 unspecified atom stereocenters. The molecule has 1 aromatic carbocycles. The van der Waals surface area contributed by atoms with Crippen LogP contribution in [0.3, 0.4) is 0 Å². The van der Waals surface area contributed by atoms with Crippen molar-refractivity contribution in [1.82, 2.24) is 9.97 Å². The lowest BCUT2D eigenvalue weighted by molar-refractivity contribution is -0.274. The number of aromatic nitrogens is 2. The molecule has 2 rings (SSSR count). The lowest BCUT2D eigenvalue weighted by Gasteiger charge is -2.09. The van der Waals surface area contributed by atoms with Gasteiger partial charge in [0.1, 0.15) is 11.5 Å². The minimum atomic E-state index is -4.73. The maximum absolute atomic E-state index is 12.0. The largest absolute Gasteiger partial charge is 0.573 e. The third kappa shape index (κ3) is 4.09. The fourth-order valence-electron chi connectivity index (χ4n) is 1.34. The highest BCUT2D eigenvalue weighted by atomic mass is 19.4. The summed E-state index contributed by atoms with van der Waals surface area (Å²) < 4.78 is 44.9. The second-order valence-corrected chi connectivity index (χ2v) is 3.63. The maximum atomic E-state index is 12.0. The first kappa shape index (κ1) is 14.1. The van der Waals surface area contributed by atoms with Crippen LogP contribution in [0.4, 0.5) is 13.2 Å². The number of hydrogen-bond acceptors (Lipinski definition) is 5. The van der Waals surface area contributed by atoms with E-state index in [4.69, 9.17) is 9.84 Å². The van der Waals surface area contributed by atoms with Crippen molar-refractivity contribution in [3.63, 3.8) is 0 Å². The number of aliphatic hydroxyl groups is 1. The molecule has 0 aliphatic heterocycles. The Bertz CT molecular complexity index is 573. The number of rotatable bonds is 4. The summed E-state index contributed by atoms with van der Waals surface area (Å²) in [4.78, 5) is 7.72. The predicted octanol–water partition coefficient (Wildman–Crippen LogP) is 2.66. The normalized spacial score (nSPS) is 11.2. The molecular weight excluding hydrogens is 277 g/mol. The molecule has 5 nitrogen and oxygen atoms in total. The number of ether oxygens (including phenoxy) is 2. The Morgan fingerprint density at radius 1 is 1.05 bits per heavy atom. The number of aliphatic hydroxyl groups excluding tert-OH is 1. The molecule has 1 aromatic heterocycles. The van der Waals surface area contributed by atoms with Gasteiger partial charge in [-0.05, 0) is 24.3 Å². The molecule has 0 aliphatic carbocycles. The summed E-state index contributed by atoms with van der Waals surface area (Å²) in [5.74, 6) is 0.0463. The van der Waals surface area contributed by atoms with Crippen LogP contribution in [0.5, 0.6) is 17.4 Å². The van der Waals surface area contributed by atoms with Crippen molar-refractivity contribution in [2.24, 2.45) is 0 Å². The topological polar surface area (TPSA) is 64.5 Å². The highest BCUT2D eigenvalue weighted by molar-refractivity contribution is 5.33. The molecule has 20 heavy (non-hydrogen) atoms. The van der Waals surface area contributed by atoms with Crippen molar-refractivity contribution in [2.45, 2.75) is 13.0 Å². The van der Waals surface area contributed by atoms with Crippen molar-refractivity contribution >= 4 is 0 Å². The SMILES string of the molecule is OCc1cncc(Oc2ccc(OC(F)(F)F)cc2)n1. The van der Waals surface area contributed by atoms with Gasteiger partial charge in [0, 0.05) is 0 Å². The standard InChI is InChI=1S/C12H9F3N2O3/c13-12(14,15)20-10-3-1-9(2-4-10)19-11-6-16-5-8(7-18)17-11/h1-6,18H,7H2. The average molecular weight is 286 g/mol. The molecule has 1 heterocycles. The lowest BCUT2D eigenvalue weighted by Crippen LogP contribution is -2.16. The van der Waals surface area contributed by atoms with Crippen LogP contribution >= 0.6 is 0 Å². The van der Waals surface area contributed by atoms with E-state index in [1.165, 1.54) is 24.5 Å².